The summed E-state index contributed by atoms with van der Waals surface area (Å²) in [5, 5.41) is 0. The molecule has 6 heteroatoms. The lowest BCUT2D eigenvalue weighted by Crippen LogP contribution is -2.26. The number of nitrogens with one attached hydrogen (secondary N) is 1. The maximum atomic E-state index is 13.2. The van der Waals surface area contributed by atoms with Crippen molar-refractivity contribution in [3.63, 3.8) is 0 Å². The first kappa shape index (κ1) is 16.5. The highest BCUT2D eigenvalue weighted by molar-refractivity contribution is 7.92. The quantitative estimate of drug-likeness (QED) is 0.837. The van der Waals surface area contributed by atoms with E-state index in [0.29, 0.717) is 0 Å². The number of sulfonamides is 1. The van der Waals surface area contributed by atoms with Gasteiger partial charge in [-0.2, -0.15) is 0 Å². The van der Waals surface area contributed by atoms with Crippen LogP contribution >= 0.6 is 0 Å². The Bertz CT molecular complexity index is 637. The van der Waals surface area contributed by atoms with Crippen molar-refractivity contribution in [1.29, 1.82) is 0 Å². The molecule has 0 aliphatic rings. The zero-order chi connectivity index (χ0) is 15.4. The van der Waals surface area contributed by atoms with Crippen LogP contribution in [0.2, 0.25) is 0 Å². The summed E-state index contributed by atoms with van der Waals surface area (Å²) in [6.45, 7) is 5.59. The molecule has 0 bridgehead atoms. The fourth-order valence-electron chi connectivity index (χ4n) is 1.63. The molecule has 0 aliphatic heterocycles. The van der Waals surface area contributed by atoms with Crippen molar-refractivity contribution < 1.29 is 12.8 Å². The van der Waals surface area contributed by atoms with Gasteiger partial charge in [-0.25, -0.2) is 12.8 Å². The van der Waals surface area contributed by atoms with Crippen molar-refractivity contribution in [1.82, 2.24) is 0 Å². The molecule has 20 heavy (non-hydrogen) atoms. The van der Waals surface area contributed by atoms with Gasteiger partial charge in [0.25, 0.3) is 0 Å². The maximum Gasteiger partial charge on any atom is 0.233 e. The Morgan fingerprint density at radius 3 is 2.55 bits per heavy atom. The molecule has 0 amide bonds. The van der Waals surface area contributed by atoms with E-state index in [9.17, 15) is 12.8 Å². The first-order valence-electron chi connectivity index (χ1n) is 6.12. The fourth-order valence-corrected chi connectivity index (χ4v) is 3.35. The van der Waals surface area contributed by atoms with Gasteiger partial charge in [-0.05, 0) is 23.6 Å². The third kappa shape index (κ3) is 5.59. The minimum absolute atomic E-state index is 0.0405. The van der Waals surface area contributed by atoms with Crippen molar-refractivity contribution in [3.05, 3.63) is 29.6 Å². The standard InChI is InChI=1S/C14H19FN2O2S/c1-14(2,3)10-20(18,19)17-13-7-6-12(15)9-11(13)5-4-8-16/h6-7,9,17H,8,10,16H2,1-3H3. The van der Waals surface area contributed by atoms with Gasteiger partial charge in [0.2, 0.25) is 10.0 Å². The van der Waals surface area contributed by atoms with Crippen molar-refractivity contribution in [2.75, 3.05) is 17.0 Å². The van der Waals surface area contributed by atoms with E-state index in [-0.39, 0.29) is 29.0 Å². The first-order valence-corrected chi connectivity index (χ1v) is 7.77. The van der Waals surface area contributed by atoms with Gasteiger partial charge < -0.3 is 5.73 Å². The van der Waals surface area contributed by atoms with Gasteiger partial charge in [-0.1, -0.05) is 32.6 Å². The van der Waals surface area contributed by atoms with Crippen LogP contribution in [0.3, 0.4) is 0 Å². The van der Waals surface area contributed by atoms with Gasteiger partial charge in [-0.3, -0.25) is 4.72 Å². The third-order valence-corrected chi connectivity index (χ3v) is 3.97. The summed E-state index contributed by atoms with van der Waals surface area (Å²) in [6, 6.07) is 3.72. The van der Waals surface area contributed by atoms with E-state index in [1.54, 1.807) is 0 Å². The molecule has 0 saturated carbocycles. The first-order chi connectivity index (χ1) is 9.13. The van der Waals surface area contributed by atoms with Gasteiger partial charge >= 0.3 is 0 Å². The monoisotopic (exact) mass is 298 g/mol. The smallest absolute Gasteiger partial charge is 0.233 e. The topological polar surface area (TPSA) is 72.2 Å². The predicted octanol–water partition coefficient (Wildman–Crippen LogP) is 1.92. The van der Waals surface area contributed by atoms with Gasteiger partial charge in [0.15, 0.2) is 0 Å². The number of benzene rings is 1. The molecular formula is C14H19FN2O2S. The van der Waals surface area contributed by atoms with E-state index in [1.807, 2.05) is 20.8 Å². The van der Waals surface area contributed by atoms with Gasteiger partial charge in [-0.15, -0.1) is 0 Å². The second-order valence-electron chi connectivity index (χ2n) is 5.62. The van der Waals surface area contributed by atoms with Crippen LogP contribution in [0, 0.1) is 23.1 Å². The Kier molecular flexibility index (Phi) is 5.15. The third-order valence-electron chi connectivity index (χ3n) is 2.20. The van der Waals surface area contributed by atoms with E-state index in [2.05, 4.69) is 16.6 Å². The molecule has 0 heterocycles. The molecule has 0 aliphatic carbocycles. The van der Waals surface area contributed by atoms with E-state index in [0.717, 1.165) is 0 Å². The molecule has 0 atom stereocenters. The van der Waals surface area contributed by atoms with E-state index in [1.165, 1.54) is 18.2 Å². The summed E-state index contributed by atoms with van der Waals surface area (Å²) in [5.74, 6) is 4.72. The zero-order valence-electron chi connectivity index (χ0n) is 11.8. The second kappa shape index (κ2) is 6.25. The van der Waals surface area contributed by atoms with Gasteiger partial charge in [0, 0.05) is 0 Å². The molecule has 1 rings (SSSR count). The van der Waals surface area contributed by atoms with Crippen molar-refractivity contribution in [2.24, 2.45) is 11.1 Å². The number of nitrogens with two attached hydrogens (primary N) is 1. The molecule has 0 fully saturated rings. The Morgan fingerprint density at radius 2 is 2.00 bits per heavy atom. The van der Waals surface area contributed by atoms with Crippen LogP contribution in [0.1, 0.15) is 26.3 Å². The molecule has 0 aromatic heterocycles. The summed E-state index contributed by atoms with van der Waals surface area (Å²) in [6.07, 6.45) is 0. The van der Waals surface area contributed by atoms with Gasteiger partial charge in [0.1, 0.15) is 5.82 Å². The molecule has 1 aromatic rings. The summed E-state index contributed by atoms with van der Waals surface area (Å²) >= 11 is 0. The largest absolute Gasteiger partial charge is 0.320 e. The van der Waals surface area contributed by atoms with Gasteiger partial charge in [0.05, 0.1) is 23.5 Å². The van der Waals surface area contributed by atoms with Crippen LogP contribution in [0.25, 0.3) is 0 Å². The fraction of sp³-hybridized carbons (Fsp3) is 0.429. The predicted molar refractivity (Wildman–Crippen MR) is 79.2 cm³/mol. The lowest BCUT2D eigenvalue weighted by molar-refractivity contribution is 0.463. The summed E-state index contributed by atoms with van der Waals surface area (Å²) in [7, 11) is -3.52. The molecule has 0 saturated heterocycles. The Morgan fingerprint density at radius 1 is 1.35 bits per heavy atom. The zero-order valence-corrected chi connectivity index (χ0v) is 12.6. The minimum Gasteiger partial charge on any atom is -0.320 e. The molecule has 0 radical (unpaired) electrons. The molecule has 0 spiro atoms. The van der Waals surface area contributed by atoms with Crippen LogP contribution in [-0.4, -0.2) is 20.7 Å². The van der Waals surface area contributed by atoms with Crippen molar-refractivity contribution >= 4 is 15.7 Å². The SMILES string of the molecule is CC(C)(C)CS(=O)(=O)Nc1ccc(F)cc1C#CCN. The minimum atomic E-state index is -3.52. The average Bonchev–Trinajstić information content (AvgIpc) is 2.26. The lowest BCUT2D eigenvalue weighted by Gasteiger charge is -2.19. The lowest BCUT2D eigenvalue weighted by atomic mass is 10.0. The molecule has 1 aromatic carbocycles. The molecule has 0 unspecified atom stereocenters. The molecular weight excluding hydrogens is 279 g/mol. The van der Waals surface area contributed by atoms with E-state index >= 15 is 0 Å². The second-order valence-corrected chi connectivity index (χ2v) is 7.34. The van der Waals surface area contributed by atoms with Crippen molar-refractivity contribution in [2.45, 2.75) is 20.8 Å². The van der Waals surface area contributed by atoms with E-state index < -0.39 is 15.8 Å². The number of anilines is 1. The highest BCUT2D eigenvalue weighted by atomic mass is 32.2. The maximum absolute atomic E-state index is 13.2. The molecule has 110 valence electrons. The number of rotatable bonds is 3. The number of hydrogen-bond donors (Lipinski definition) is 2. The highest BCUT2D eigenvalue weighted by Crippen LogP contribution is 2.21. The van der Waals surface area contributed by atoms with Crippen LogP contribution in [0.5, 0.6) is 0 Å². The number of halogens is 1. The van der Waals surface area contributed by atoms with Crippen LogP contribution < -0.4 is 10.5 Å². The normalized spacial score (nSPS) is 11.7. The van der Waals surface area contributed by atoms with E-state index in [4.69, 9.17) is 5.73 Å². The molecule has 3 N–H and O–H groups in total. The highest BCUT2D eigenvalue weighted by Gasteiger charge is 2.22. The average molecular weight is 298 g/mol. The summed E-state index contributed by atoms with van der Waals surface area (Å²) < 4.78 is 39.7. The van der Waals surface area contributed by atoms with Crippen LogP contribution in [0.4, 0.5) is 10.1 Å². The summed E-state index contributed by atoms with van der Waals surface area (Å²) in [4.78, 5) is 0. The molecule has 4 nitrogen and oxygen atoms in total. The Balaban J connectivity index is 3.09. The Labute approximate surface area is 119 Å². The number of hydrogen-bond acceptors (Lipinski definition) is 3. The van der Waals surface area contributed by atoms with Crippen molar-refractivity contribution in [3.8, 4) is 11.8 Å². The van der Waals surface area contributed by atoms with Crippen LogP contribution in [0.15, 0.2) is 18.2 Å². The summed E-state index contributed by atoms with van der Waals surface area (Å²) in [5.41, 5.74) is 5.42. The van der Waals surface area contributed by atoms with Crippen LogP contribution in [-0.2, 0) is 10.0 Å². The Hall–Kier alpha value is -1.58.